The van der Waals surface area contributed by atoms with Crippen LogP contribution in [0, 0.1) is 13.8 Å². The molecule has 3 rings (SSSR count). The van der Waals surface area contributed by atoms with Crippen LogP contribution in [0.25, 0.3) is 10.4 Å². The van der Waals surface area contributed by atoms with Crippen molar-refractivity contribution in [1.29, 1.82) is 0 Å². The molecule has 3 N–H and O–H groups in total. The van der Waals surface area contributed by atoms with E-state index in [4.69, 9.17) is 10.3 Å². The molecule has 24 heavy (non-hydrogen) atoms. The molecule has 0 radical (unpaired) electrons. The predicted octanol–water partition coefficient (Wildman–Crippen LogP) is 3.37. The second-order valence-electron chi connectivity index (χ2n) is 5.24. The van der Waals surface area contributed by atoms with Crippen LogP contribution in [0.5, 0.6) is 0 Å². The topological polar surface area (TPSA) is 98.2 Å². The first kappa shape index (κ1) is 15.9. The third kappa shape index (κ3) is 2.93. The molecular formula is C17H15N3O3S. The first-order valence-corrected chi connectivity index (χ1v) is 8.02. The summed E-state index contributed by atoms with van der Waals surface area (Å²) in [5, 5.41) is 6.92. The molecule has 0 fully saturated rings. The van der Waals surface area contributed by atoms with Gasteiger partial charge in [0, 0.05) is 4.88 Å². The fraction of sp³-hybridized carbons (Fsp3) is 0.118. The normalized spacial score (nSPS) is 10.6. The minimum atomic E-state index is -0.595. The van der Waals surface area contributed by atoms with Gasteiger partial charge in [-0.15, -0.1) is 11.3 Å². The van der Waals surface area contributed by atoms with E-state index in [-0.39, 0.29) is 11.5 Å². The lowest BCUT2D eigenvalue weighted by Gasteiger charge is -2.03. The molecule has 1 aromatic carbocycles. The molecule has 3 aromatic rings. The number of carbonyl (C=O) groups excluding carboxylic acids is 2. The Morgan fingerprint density at radius 2 is 1.92 bits per heavy atom. The van der Waals surface area contributed by atoms with E-state index in [0.29, 0.717) is 22.0 Å². The molecule has 6 nitrogen and oxygen atoms in total. The summed E-state index contributed by atoms with van der Waals surface area (Å²) in [5.74, 6) is -0.553. The summed E-state index contributed by atoms with van der Waals surface area (Å²) in [6, 6.07) is 11.3. The number of anilines is 1. The van der Waals surface area contributed by atoms with E-state index >= 15 is 0 Å². The fourth-order valence-electron chi connectivity index (χ4n) is 2.38. The largest absolute Gasteiger partial charge is 0.366 e. The molecule has 0 unspecified atom stereocenters. The number of benzene rings is 1. The van der Waals surface area contributed by atoms with E-state index in [1.165, 1.54) is 11.3 Å². The number of nitrogens with zero attached hydrogens (tertiary/aromatic N) is 1. The van der Waals surface area contributed by atoms with E-state index in [0.717, 1.165) is 10.4 Å². The second kappa shape index (κ2) is 6.29. The first-order valence-electron chi connectivity index (χ1n) is 7.20. The lowest BCUT2D eigenvalue weighted by molar-refractivity contribution is 0.100. The summed E-state index contributed by atoms with van der Waals surface area (Å²) in [7, 11) is 0. The van der Waals surface area contributed by atoms with E-state index < -0.39 is 5.91 Å². The van der Waals surface area contributed by atoms with Gasteiger partial charge in [0.05, 0.1) is 11.3 Å². The molecule has 7 heteroatoms. The zero-order valence-corrected chi connectivity index (χ0v) is 13.9. The highest BCUT2D eigenvalue weighted by atomic mass is 32.1. The van der Waals surface area contributed by atoms with Crippen molar-refractivity contribution in [1.82, 2.24) is 5.16 Å². The van der Waals surface area contributed by atoms with E-state index in [2.05, 4.69) is 10.5 Å². The van der Waals surface area contributed by atoms with Crippen molar-refractivity contribution in [3.63, 3.8) is 0 Å². The van der Waals surface area contributed by atoms with E-state index in [1.807, 2.05) is 30.3 Å². The quantitative estimate of drug-likeness (QED) is 0.760. The molecule has 0 aliphatic heterocycles. The number of aromatic nitrogens is 1. The maximum Gasteiger partial charge on any atom is 0.261 e. The van der Waals surface area contributed by atoms with Gasteiger partial charge in [-0.1, -0.05) is 35.5 Å². The minimum absolute atomic E-state index is 0.277. The third-order valence-corrected chi connectivity index (χ3v) is 4.64. The minimum Gasteiger partial charge on any atom is -0.366 e. The number of primary amides is 1. The van der Waals surface area contributed by atoms with Crippen molar-refractivity contribution in [2.24, 2.45) is 5.73 Å². The van der Waals surface area contributed by atoms with Gasteiger partial charge in [0.2, 0.25) is 0 Å². The molecule has 0 spiro atoms. The van der Waals surface area contributed by atoms with Crippen LogP contribution in [0.1, 0.15) is 32.2 Å². The Kier molecular flexibility index (Phi) is 4.18. The van der Waals surface area contributed by atoms with Crippen molar-refractivity contribution in [3.8, 4) is 10.4 Å². The number of rotatable bonds is 4. The fourth-order valence-corrected chi connectivity index (χ4v) is 3.45. The molecule has 122 valence electrons. The van der Waals surface area contributed by atoms with Gasteiger partial charge in [-0.2, -0.15) is 0 Å². The Hall–Kier alpha value is -2.93. The Bertz CT molecular complexity index is 893. The van der Waals surface area contributed by atoms with Crippen molar-refractivity contribution in [2.45, 2.75) is 13.8 Å². The lowest BCUT2D eigenvalue weighted by Crippen LogP contribution is -2.17. The van der Waals surface area contributed by atoms with E-state index in [9.17, 15) is 9.59 Å². The summed E-state index contributed by atoms with van der Waals surface area (Å²) >= 11 is 1.29. The van der Waals surface area contributed by atoms with Crippen LogP contribution < -0.4 is 11.1 Å². The first-order chi connectivity index (χ1) is 11.5. The third-order valence-electron chi connectivity index (χ3n) is 3.54. The predicted molar refractivity (Wildman–Crippen MR) is 92.2 cm³/mol. The summed E-state index contributed by atoms with van der Waals surface area (Å²) in [4.78, 5) is 25.0. The van der Waals surface area contributed by atoms with Crippen molar-refractivity contribution >= 4 is 28.2 Å². The zero-order valence-electron chi connectivity index (χ0n) is 13.1. The van der Waals surface area contributed by atoms with Gasteiger partial charge in [0.25, 0.3) is 11.8 Å². The van der Waals surface area contributed by atoms with Crippen LogP contribution in [0.4, 0.5) is 5.00 Å². The van der Waals surface area contributed by atoms with Gasteiger partial charge in [0.1, 0.15) is 16.3 Å². The maximum absolute atomic E-state index is 12.5. The molecular weight excluding hydrogens is 326 g/mol. The number of thiophene rings is 1. The molecule has 0 saturated heterocycles. The Morgan fingerprint density at radius 3 is 2.50 bits per heavy atom. The molecule has 0 aliphatic carbocycles. The Labute approximate surface area is 142 Å². The number of hydrogen-bond acceptors (Lipinski definition) is 5. The zero-order chi connectivity index (χ0) is 17.3. The molecule has 2 amide bonds. The van der Waals surface area contributed by atoms with Crippen molar-refractivity contribution < 1.29 is 14.1 Å². The van der Waals surface area contributed by atoms with Gasteiger partial charge in [0.15, 0.2) is 0 Å². The molecule has 0 atom stereocenters. The van der Waals surface area contributed by atoms with Gasteiger partial charge in [-0.25, -0.2) is 0 Å². The smallest absolute Gasteiger partial charge is 0.261 e. The Balaban J connectivity index is 1.97. The SMILES string of the molecule is Cc1noc(C)c1C(=O)Nc1sc(-c2ccccc2)cc1C(N)=O. The van der Waals surface area contributed by atoms with Gasteiger partial charge in [-0.3, -0.25) is 9.59 Å². The number of nitrogens with one attached hydrogen (secondary N) is 1. The van der Waals surface area contributed by atoms with Crippen LogP contribution in [0.2, 0.25) is 0 Å². The van der Waals surface area contributed by atoms with E-state index in [1.54, 1.807) is 19.9 Å². The summed E-state index contributed by atoms with van der Waals surface area (Å²) < 4.78 is 5.01. The molecule has 0 aliphatic rings. The standard InChI is InChI=1S/C17H15N3O3S/c1-9-14(10(2)23-20-9)16(22)19-17-12(15(18)21)8-13(24-17)11-6-4-3-5-7-11/h3-8H,1-2H3,(H2,18,21)(H,19,22). The molecule has 2 heterocycles. The maximum atomic E-state index is 12.5. The second-order valence-corrected chi connectivity index (χ2v) is 6.29. The van der Waals surface area contributed by atoms with Crippen LogP contribution in [-0.2, 0) is 0 Å². The summed E-state index contributed by atoms with van der Waals surface area (Å²) in [6.07, 6.45) is 0. The summed E-state index contributed by atoms with van der Waals surface area (Å²) in [5.41, 5.74) is 7.52. The highest BCUT2D eigenvalue weighted by Gasteiger charge is 2.21. The summed E-state index contributed by atoms with van der Waals surface area (Å²) in [6.45, 7) is 3.35. The molecule has 2 aromatic heterocycles. The number of carbonyl (C=O) groups is 2. The molecule has 0 saturated carbocycles. The van der Waals surface area contributed by atoms with Gasteiger partial charge < -0.3 is 15.6 Å². The number of amides is 2. The highest BCUT2D eigenvalue weighted by Crippen LogP contribution is 2.35. The number of hydrogen-bond donors (Lipinski definition) is 2. The lowest BCUT2D eigenvalue weighted by atomic mass is 10.1. The van der Waals surface area contributed by atoms with Crippen LogP contribution in [0.3, 0.4) is 0 Å². The average Bonchev–Trinajstić information content (AvgIpc) is 3.12. The Morgan fingerprint density at radius 1 is 1.21 bits per heavy atom. The van der Waals surface area contributed by atoms with Crippen LogP contribution in [-0.4, -0.2) is 17.0 Å². The van der Waals surface area contributed by atoms with Crippen LogP contribution >= 0.6 is 11.3 Å². The average molecular weight is 341 g/mol. The van der Waals surface area contributed by atoms with Crippen LogP contribution in [0.15, 0.2) is 40.9 Å². The molecule has 0 bridgehead atoms. The van der Waals surface area contributed by atoms with Crippen molar-refractivity contribution in [2.75, 3.05) is 5.32 Å². The van der Waals surface area contributed by atoms with Gasteiger partial charge >= 0.3 is 0 Å². The van der Waals surface area contributed by atoms with Gasteiger partial charge in [-0.05, 0) is 25.5 Å². The highest BCUT2D eigenvalue weighted by molar-refractivity contribution is 7.20. The van der Waals surface area contributed by atoms with Crippen molar-refractivity contribution in [3.05, 3.63) is 59.0 Å². The number of nitrogens with two attached hydrogens (primary N) is 1. The number of aryl methyl sites for hydroxylation is 2. The monoisotopic (exact) mass is 341 g/mol.